The SMILES string of the molecule is CC#CCOc1cc(O[C@@H]2CCCC[C@H]2C)ncn1. The lowest BCUT2D eigenvalue weighted by atomic mass is 9.88. The van der Waals surface area contributed by atoms with E-state index in [2.05, 4.69) is 28.7 Å². The van der Waals surface area contributed by atoms with Gasteiger partial charge in [0.2, 0.25) is 11.8 Å². The molecule has 0 bridgehead atoms. The third kappa shape index (κ3) is 4.13. The molecule has 4 nitrogen and oxygen atoms in total. The molecule has 19 heavy (non-hydrogen) atoms. The van der Waals surface area contributed by atoms with E-state index in [0.29, 0.717) is 24.3 Å². The molecule has 1 fully saturated rings. The Morgan fingerprint density at radius 3 is 2.84 bits per heavy atom. The van der Waals surface area contributed by atoms with E-state index in [0.717, 1.165) is 6.42 Å². The molecule has 0 aromatic carbocycles. The second kappa shape index (κ2) is 6.98. The summed E-state index contributed by atoms with van der Waals surface area (Å²) in [6.07, 6.45) is 6.59. The lowest BCUT2D eigenvalue weighted by Gasteiger charge is -2.28. The summed E-state index contributed by atoms with van der Waals surface area (Å²) in [4.78, 5) is 8.19. The van der Waals surface area contributed by atoms with Gasteiger partial charge in [-0.2, -0.15) is 0 Å². The van der Waals surface area contributed by atoms with Gasteiger partial charge < -0.3 is 9.47 Å². The van der Waals surface area contributed by atoms with Gasteiger partial charge in [0, 0.05) is 0 Å². The third-order valence-corrected chi connectivity index (χ3v) is 3.39. The number of ether oxygens (including phenoxy) is 2. The summed E-state index contributed by atoms with van der Waals surface area (Å²) >= 11 is 0. The van der Waals surface area contributed by atoms with Crippen LogP contribution in [0.3, 0.4) is 0 Å². The molecule has 0 radical (unpaired) electrons. The lowest BCUT2D eigenvalue weighted by Crippen LogP contribution is -2.28. The summed E-state index contributed by atoms with van der Waals surface area (Å²) in [6.45, 7) is 4.36. The van der Waals surface area contributed by atoms with Crippen LogP contribution in [0.2, 0.25) is 0 Å². The van der Waals surface area contributed by atoms with Crippen LogP contribution in [0.4, 0.5) is 0 Å². The Bertz CT molecular complexity index is 465. The van der Waals surface area contributed by atoms with Crippen LogP contribution in [0.15, 0.2) is 12.4 Å². The molecule has 2 atom stereocenters. The Balaban J connectivity index is 1.95. The standard InChI is InChI=1S/C15H20N2O2/c1-3-4-9-18-14-10-15(17-11-16-14)19-13-8-6-5-7-12(13)2/h10-13H,5-9H2,1-2H3/t12-,13-/m1/s1. The van der Waals surface area contributed by atoms with E-state index >= 15 is 0 Å². The van der Waals surface area contributed by atoms with Gasteiger partial charge >= 0.3 is 0 Å². The van der Waals surface area contributed by atoms with E-state index < -0.39 is 0 Å². The van der Waals surface area contributed by atoms with Crippen molar-refractivity contribution in [1.82, 2.24) is 9.97 Å². The van der Waals surface area contributed by atoms with Gasteiger partial charge in [0.25, 0.3) is 0 Å². The van der Waals surface area contributed by atoms with E-state index in [9.17, 15) is 0 Å². The van der Waals surface area contributed by atoms with Gasteiger partial charge in [0.15, 0.2) is 6.61 Å². The maximum Gasteiger partial charge on any atom is 0.221 e. The first-order chi connectivity index (χ1) is 9.29. The van der Waals surface area contributed by atoms with E-state index in [1.807, 2.05) is 0 Å². The molecule has 0 saturated heterocycles. The largest absolute Gasteiger partial charge is 0.474 e. The van der Waals surface area contributed by atoms with Crippen molar-refractivity contribution in [3.05, 3.63) is 12.4 Å². The minimum absolute atomic E-state index is 0.256. The van der Waals surface area contributed by atoms with Crippen molar-refractivity contribution < 1.29 is 9.47 Å². The van der Waals surface area contributed by atoms with Crippen molar-refractivity contribution >= 4 is 0 Å². The van der Waals surface area contributed by atoms with E-state index in [1.54, 1.807) is 13.0 Å². The van der Waals surface area contributed by atoms with Crippen LogP contribution in [-0.2, 0) is 0 Å². The highest BCUT2D eigenvalue weighted by atomic mass is 16.5. The molecule has 0 spiro atoms. The van der Waals surface area contributed by atoms with Crippen molar-refractivity contribution in [2.45, 2.75) is 45.6 Å². The summed E-state index contributed by atoms with van der Waals surface area (Å²) < 4.78 is 11.3. The molecule has 1 aliphatic carbocycles. The van der Waals surface area contributed by atoms with E-state index in [-0.39, 0.29) is 6.10 Å². The van der Waals surface area contributed by atoms with Crippen molar-refractivity contribution in [3.8, 4) is 23.6 Å². The molecule has 1 saturated carbocycles. The number of nitrogens with zero attached hydrogens (tertiary/aromatic N) is 2. The first kappa shape index (κ1) is 13.7. The second-order valence-electron chi connectivity index (χ2n) is 4.83. The van der Waals surface area contributed by atoms with E-state index in [4.69, 9.17) is 9.47 Å². The zero-order valence-electron chi connectivity index (χ0n) is 11.6. The number of rotatable bonds is 4. The van der Waals surface area contributed by atoms with Crippen LogP contribution in [-0.4, -0.2) is 22.7 Å². The molecule has 1 aromatic rings. The van der Waals surface area contributed by atoms with E-state index in [1.165, 1.54) is 25.6 Å². The zero-order valence-corrected chi connectivity index (χ0v) is 11.6. The smallest absolute Gasteiger partial charge is 0.221 e. The molecule has 0 N–H and O–H groups in total. The fraction of sp³-hybridized carbons (Fsp3) is 0.600. The highest BCUT2D eigenvalue weighted by Crippen LogP contribution is 2.27. The number of hydrogen-bond donors (Lipinski definition) is 0. The van der Waals surface area contributed by atoms with Crippen molar-refractivity contribution in [3.63, 3.8) is 0 Å². The second-order valence-corrected chi connectivity index (χ2v) is 4.83. The minimum Gasteiger partial charge on any atom is -0.474 e. The summed E-state index contributed by atoms with van der Waals surface area (Å²) in [5.74, 6) is 7.29. The maximum atomic E-state index is 5.95. The van der Waals surface area contributed by atoms with Gasteiger partial charge in [0.05, 0.1) is 6.07 Å². The van der Waals surface area contributed by atoms with Gasteiger partial charge in [-0.3, -0.25) is 0 Å². The van der Waals surface area contributed by atoms with Gasteiger partial charge in [-0.15, -0.1) is 5.92 Å². The molecule has 0 unspecified atom stereocenters. The average Bonchev–Trinajstić information content (AvgIpc) is 2.42. The molecule has 0 aliphatic heterocycles. The zero-order chi connectivity index (χ0) is 13.5. The monoisotopic (exact) mass is 260 g/mol. The summed E-state index contributed by atoms with van der Waals surface area (Å²) in [6, 6.07) is 1.73. The first-order valence-electron chi connectivity index (χ1n) is 6.80. The molecule has 1 aromatic heterocycles. The lowest BCUT2D eigenvalue weighted by molar-refractivity contribution is 0.0969. The van der Waals surface area contributed by atoms with Crippen LogP contribution in [0, 0.1) is 17.8 Å². The minimum atomic E-state index is 0.256. The van der Waals surface area contributed by atoms with Crippen molar-refractivity contribution in [2.75, 3.05) is 6.61 Å². The van der Waals surface area contributed by atoms with Gasteiger partial charge in [0.1, 0.15) is 12.4 Å². The molecule has 0 amide bonds. The number of hydrogen-bond acceptors (Lipinski definition) is 4. The Morgan fingerprint density at radius 1 is 1.26 bits per heavy atom. The molecule has 1 aliphatic rings. The third-order valence-electron chi connectivity index (χ3n) is 3.39. The van der Waals surface area contributed by atoms with Crippen LogP contribution < -0.4 is 9.47 Å². The normalized spacial score (nSPS) is 22.2. The molecule has 1 heterocycles. The predicted molar refractivity (Wildman–Crippen MR) is 73.0 cm³/mol. The van der Waals surface area contributed by atoms with Crippen LogP contribution in [0.1, 0.15) is 39.5 Å². The van der Waals surface area contributed by atoms with Gasteiger partial charge in [-0.05, 0) is 32.1 Å². The quantitative estimate of drug-likeness (QED) is 0.781. The predicted octanol–water partition coefficient (Wildman–Crippen LogP) is 2.84. The fourth-order valence-electron chi connectivity index (χ4n) is 2.26. The molecule has 4 heteroatoms. The molecule has 2 rings (SSSR count). The Kier molecular flexibility index (Phi) is 5.02. The summed E-state index contributed by atoms with van der Waals surface area (Å²) in [5, 5.41) is 0. The van der Waals surface area contributed by atoms with Crippen molar-refractivity contribution in [2.24, 2.45) is 5.92 Å². The van der Waals surface area contributed by atoms with Gasteiger partial charge in [-0.25, -0.2) is 9.97 Å². The topological polar surface area (TPSA) is 44.2 Å². The highest BCUT2D eigenvalue weighted by molar-refractivity contribution is 5.19. The van der Waals surface area contributed by atoms with Crippen LogP contribution in [0.25, 0.3) is 0 Å². The highest BCUT2D eigenvalue weighted by Gasteiger charge is 2.23. The average molecular weight is 260 g/mol. The van der Waals surface area contributed by atoms with Crippen molar-refractivity contribution in [1.29, 1.82) is 0 Å². The molecular formula is C15H20N2O2. The summed E-state index contributed by atoms with van der Waals surface area (Å²) in [5.41, 5.74) is 0. The Labute approximate surface area is 114 Å². The maximum absolute atomic E-state index is 5.95. The summed E-state index contributed by atoms with van der Waals surface area (Å²) in [7, 11) is 0. The Morgan fingerprint density at radius 2 is 2.05 bits per heavy atom. The molecular weight excluding hydrogens is 240 g/mol. The first-order valence-corrected chi connectivity index (χ1v) is 6.80. The number of aromatic nitrogens is 2. The fourth-order valence-corrected chi connectivity index (χ4v) is 2.26. The Hall–Kier alpha value is -1.76. The molecule has 102 valence electrons. The van der Waals surface area contributed by atoms with Crippen LogP contribution >= 0.6 is 0 Å². The van der Waals surface area contributed by atoms with Crippen LogP contribution in [0.5, 0.6) is 11.8 Å². The van der Waals surface area contributed by atoms with Gasteiger partial charge in [-0.1, -0.05) is 19.3 Å².